The molecule has 0 radical (unpaired) electrons. The Bertz CT molecular complexity index is 62.2. The van der Waals surface area contributed by atoms with Crippen LogP contribution in [-0.2, 0) is 4.57 Å². The van der Waals surface area contributed by atoms with Gasteiger partial charge in [-0.15, -0.1) is 0 Å². The quantitative estimate of drug-likeness (QED) is 0.234. The summed E-state index contributed by atoms with van der Waals surface area (Å²) in [6, 6.07) is 0. The molecule has 0 heterocycles. The Balaban J connectivity index is -0.0000000267. The SMILES string of the molecule is C.O=P(O)(O)O.[H-].[Li+]. The molecule has 0 aromatic rings. The van der Waals surface area contributed by atoms with E-state index in [1.807, 2.05) is 0 Å². The smallest absolute Gasteiger partial charge is 1.00 e. The Morgan fingerprint density at radius 3 is 1.29 bits per heavy atom. The summed E-state index contributed by atoms with van der Waals surface area (Å²) < 4.78 is 8.88. The summed E-state index contributed by atoms with van der Waals surface area (Å²) in [5.74, 6) is 0. The van der Waals surface area contributed by atoms with Crippen LogP contribution in [0.1, 0.15) is 8.85 Å². The van der Waals surface area contributed by atoms with Crippen molar-refractivity contribution in [2.75, 3.05) is 0 Å². The minimum Gasteiger partial charge on any atom is -1.00 e. The van der Waals surface area contributed by atoms with Gasteiger partial charge in [-0.1, -0.05) is 7.43 Å². The Hall–Kier alpha value is 0.707. The van der Waals surface area contributed by atoms with Gasteiger partial charge in [0.2, 0.25) is 0 Å². The topological polar surface area (TPSA) is 77.8 Å². The molecule has 0 aliphatic rings. The first-order valence-electron chi connectivity index (χ1n) is 0.783. The van der Waals surface area contributed by atoms with E-state index in [0.717, 1.165) is 0 Å². The van der Waals surface area contributed by atoms with Crippen LogP contribution in [0.3, 0.4) is 0 Å². The first-order chi connectivity index (χ1) is 2.00. The van der Waals surface area contributed by atoms with Crippen LogP contribution in [0.15, 0.2) is 0 Å². The normalized spacial score (nSPS) is 8.43. The van der Waals surface area contributed by atoms with Crippen LogP contribution in [0, 0.1) is 0 Å². The predicted octanol–water partition coefficient (Wildman–Crippen LogP) is -3.18. The molecule has 0 aliphatic carbocycles. The third-order valence-corrected chi connectivity index (χ3v) is 0. The van der Waals surface area contributed by atoms with Crippen molar-refractivity contribution in [2.24, 2.45) is 0 Å². The maximum Gasteiger partial charge on any atom is 1.00 e. The van der Waals surface area contributed by atoms with Crippen molar-refractivity contribution in [1.29, 1.82) is 0 Å². The molecule has 3 N–H and O–H groups in total. The van der Waals surface area contributed by atoms with E-state index in [1.165, 1.54) is 0 Å². The zero-order valence-electron chi connectivity index (χ0n) is 4.20. The molecule has 4 nitrogen and oxygen atoms in total. The van der Waals surface area contributed by atoms with E-state index < -0.39 is 7.82 Å². The Morgan fingerprint density at radius 2 is 1.29 bits per heavy atom. The van der Waals surface area contributed by atoms with Crippen molar-refractivity contribution in [1.82, 2.24) is 0 Å². The van der Waals surface area contributed by atoms with Gasteiger partial charge in [0.1, 0.15) is 0 Å². The largest absolute Gasteiger partial charge is 1.00 e. The average Bonchev–Trinajstić information content (AvgIpc) is 0.722. The zero-order valence-corrected chi connectivity index (χ0v) is 4.09. The molecule has 0 unspecified atom stereocenters. The van der Waals surface area contributed by atoms with Gasteiger partial charge >= 0.3 is 26.7 Å². The maximum absolute atomic E-state index is 8.88. The van der Waals surface area contributed by atoms with Crippen LogP contribution in [0.4, 0.5) is 0 Å². The van der Waals surface area contributed by atoms with E-state index in [2.05, 4.69) is 0 Å². The Morgan fingerprint density at radius 1 is 1.29 bits per heavy atom. The van der Waals surface area contributed by atoms with Gasteiger partial charge in [0.05, 0.1) is 0 Å². The van der Waals surface area contributed by atoms with Gasteiger partial charge in [0, 0.05) is 0 Å². The van der Waals surface area contributed by atoms with Crippen molar-refractivity contribution in [3.05, 3.63) is 0 Å². The van der Waals surface area contributed by atoms with Crippen molar-refractivity contribution >= 4 is 7.82 Å². The van der Waals surface area contributed by atoms with Crippen LogP contribution in [0.5, 0.6) is 0 Å². The molecule has 0 saturated carbocycles. The van der Waals surface area contributed by atoms with Gasteiger partial charge in [0.25, 0.3) is 0 Å². The van der Waals surface area contributed by atoms with Crippen molar-refractivity contribution in [3.8, 4) is 0 Å². The molecule has 0 amide bonds. The predicted molar refractivity (Wildman–Crippen MR) is 22.1 cm³/mol. The number of hydrogen-bond acceptors (Lipinski definition) is 1. The second-order valence-electron chi connectivity index (χ2n) is 0.513. The summed E-state index contributed by atoms with van der Waals surface area (Å²) in [7, 11) is -4.64. The first kappa shape index (κ1) is 15.6. The fourth-order valence-electron chi connectivity index (χ4n) is 0. The molecule has 0 aliphatic heterocycles. The van der Waals surface area contributed by atoms with Gasteiger partial charge in [-0.25, -0.2) is 4.57 Å². The molecule has 0 aromatic heterocycles. The maximum atomic E-state index is 8.88. The molecule has 6 heteroatoms. The van der Waals surface area contributed by atoms with E-state index in [9.17, 15) is 0 Å². The summed E-state index contributed by atoms with van der Waals surface area (Å²) in [5.41, 5.74) is 0. The van der Waals surface area contributed by atoms with Gasteiger partial charge in [-0.3, -0.25) is 0 Å². The standard InChI is InChI=1S/CH4.Li.H3O4P.H/c;;1-5(2,3)4;/h1H4;;(H3,1,2,3,4);/q;+1;;-1. The molecular weight excluding hydrogens is 114 g/mol. The first-order valence-corrected chi connectivity index (χ1v) is 2.35. The Labute approximate surface area is 55.5 Å². The number of hydrogen-bond donors (Lipinski definition) is 3. The summed E-state index contributed by atoms with van der Waals surface area (Å²) in [4.78, 5) is 21.6. The van der Waals surface area contributed by atoms with Crippen molar-refractivity contribution < 1.29 is 39.5 Å². The average molecular weight is 122 g/mol. The molecule has 42 valence electrons. The second kappa shape index (κ2) is 4.86. The van der Waals surface area contributed by atoms with Crippen LogP contribution in [-0.4, -0.2) is 14.7 Å². The van der Waals surface area contributed by atoms with Gasteiger partial charge in [0.15, 0.2) is 0 Å². The summed E-state index contributed by atoms with van der Waals surface area (Å²) >= 11 is 0. The molecule has 0 bridgehead atoms. The second-order valence-corrected chi connectivity index (χ2v) is 1.54. The summed E-state index contributed by atoms with van der Waals surface area (Å²) in [5, 5.41) is 0. The van der Waals surface area contributed by atoms with Gasteiger partial charge in [-0.2, -0.15) is 0 Å². The molecule has 0 aromatic carbocycles. The summed E-state index contributed by atoms with van der Waals surface area (Å²) in [6.07, 6.45) is 0. The van der Waals surface area contributed by atoms with E-state index in [1.54, 1.807) is 0 Å². The molecule has 7 heavy (non-hydrogen) atoms. The minimum absolute atomic E-state index is 0. The van der Waals surface area contributed by atoms with E-state index in [-0.39, 0.29) is 27.7 Å². The van der Waals surface area contributed by atoms with Gasteiger partial charge < -0.3 is 16.1 Å². The van der Waals surface area contributed by atoms with E-state index in [4.69, 9.17) is 19.2 Å². The van der Waals surface area contributed by atoms with Crippen LogP contribution < -0.4 is 18.9 Å². The molecule has 0 rings (SSSR count). The van der Waals surface area contributed by atoms with Gasteiger partial charge in [-0.05, 0) is 0 Å². The van der Waals surface area contributed by atoms with Crippen LogP contribution in [0.2, 0.25) is 0 Å². The number of rotatable bonds is 0. The third-order valence-electron chi connectivity index (χ3n) is 0. The molecule has 0 spiro atoms. The van der Waals surface area contributed by atoms with E-state index >= 15 is 0 Å². The third kappa shape index (κ3) is 297. The molecule has 0 fully saturated rings. The van der Waals surface area contributed by atoms with E-state index in [0.29, 0.717) is 0 Å². The minimum atomic E-state index is -4.64. The summed E-state index contributed by atoms with van der Waals surface area (Å²) in [6.45, 7) is 0. The molecular formula is CH8LiO4P. The molecule has 0 saturated heterocycles. The fourth-order valence-corrected chi connectivity index (χ4v) is 0. The monoisotopic (exact) mass is 122 g/mol. The van der Waals surface area contributed by atoms with Crippen molar-refractivity contribution in [2.45, 2.75) is 7.43 Å². The fraction of sp³-hybridized carbons (Fsp3) is 1.00. The van der Waals surface area contributed by atoms with Crippen LogP contribution in [0.25, 0.3) is 0 Å². The zero-order chi connectivity index (χ0) is 4.50. The Kier molecular flexibility index (Phi) is 10.9. The van der Waals surface area contributed by atoms with Crippen molar-refractivity contribution in [3.63, 3.8) is 0 Å². The molecule has 0 atom stereocenters. The van der Waals surface area contributed by atoms with Crippen LogP contribution >= 0.6 is 7.82 Å². The number of phosphoric acid groups is 1.